The molecule has 0 saturated carbocycles. The van der Waals surface area contributed by atoms with Crippen LogP contribution in [0.5, 0.6) is 0 Å². The van der Waals surface area contributed by atoms with Gasteiger partial charge in [-0.05, 0) is 63.3 Å². The van der Waals surface area contributed by atoms with Crippen LogP contribution in [0.25, 0.3) is 43.6 Å². The topological polar surface area (TPSA) is 20.9 Å². The van der Waals surface area contributed by atoms with Crippen LogP contribution < -0.4 is 26.4 Å². The van der Waals surface area contributed by atoms with Crippen LogP contribution in [-0.2, 0) is 56.0 Å². The first-order chi connectivity index (χ1) is 41.6. The molecule has 0 unspecified atom stereocenters. The number of nitrogens with zero attached hydrogens (tertiary/aromatic N) is 1. The third-order valence-corrected chi connectivity index (χ3v) is 14.8. The van der Waals surface area contributed by atoms with Crippen molar-refractivity contribution in [2.24, 2.45) is 0 Å². The van der Waals surface area contributed by atoms with Crippen LogP contribution in [0.4, 0.5) is 105 Å². The van der Waals surface area contributed by atoms with Crippen molar-refractivity contribution in [2.75, 3.05) is 0 Å². The van der Waals surface area contributed by atoms with Gasteiger partial charge in [0, 0.05) is 11.6 Å². The van der Waals surface area contributed by atoms with E-state index in [-0.39, 0.29) is 12.3 Å². The number of aromatic nitrogens is 1. The lowest BCUT2D eigenvalue weighted by molar-refractivity contribution is -0.671. The highest BCUT2D eigenvalue weighted by atomic mass is 19.4. The van der Waals surface area contributed by atoms with Crippen molar-refractivity contribution in [3.05, 3.63) is 244 Å². The van der Waals surface area contributed by atoms with Crippen molar-refractivity contribution >= 4 is 66.1 Å². The lowest BCUT2D eigenvalue weighted by atomic mass is 9.12. The number of ketones is 1. The van der Waals surface area contributed by atoms with Crippen LogP contribution in [0.2, 0.25) is 0 Å². The summed E-state index contributed by atoms with van der Waals surface area (Å²) in [4.78, 5) is 13.2. The minimum absolute atomic E-state index is 0.0988. The molecule has 9 aromatic carbocycles. The summed E-state index contributed by atoms with van der Waals surface area (Å²) in [6.45, 7) is 0.279. The van der Waals surface area contributed by atoms with E-state index in [1.165, 1.54) is 27.1 Å². The minimum Gasteiger partial charge on any atom is -0.287 e. The molecule has 2 nitrogen and oxygen atoms in total. The average molecular weight is 1290 g/mol. The summed E-state index contributed by atoms with van der Waals surface area (Å²) in [5.74, 6) is 0.0988. The number of carbonyl (C=O) groups is 1. The van der Waals surface area contributed by atoms with E-state index < -0.39 is 195 Å². The van der Waals surface area contributed by atoms with Crippen molar-refractivity contribution in [3.8, 4) is 11.3 Å². The monoisotopic (exact) mass is 1290 g/mol. The van der Waals surface area contributed by atoms with Gasteiger partial charge in [-0.2, -0.15) is 132 Å². The highest BCUT2D eigenvalue weighted by molar-refractivity contribution is 7.20. The number of fused-ring (bicyclic) bond motifs is 3. The number of Topliss-reactive ketones (excluding diaryl/α,β-unsaturated/α-hetero) is 1. The first kappa shape index (κ1) is 65.4. The maximum Gasteiger partial charge on any atom is 0.416 e. The van der Waals surface area contributed by atoms with E-state index in [9.17, 15) is 110 Å². The largest absolute Gasteiger partial charge is 0.416 e. The van der Waals surface area contributed by atoms with E-state index in [0.717, 1.165) is 22.0 Å². The molecule has 1 heterocycles. The number of rotatable bonds is 8. The fraction of sp³-hybridized carbons (Fsp3) is 0.143. The Labute approximate surface area is 491 Å². The molecule has 27 heteroatoms. The van der Waals surface area contributed by atoms with Crippen molar-refractivity contribution in [2.45, 2.75) is 56.0 Å². The number of carbonyl (C=O) groups excluding carboxylic acids is 1. The van der Waals surface area contributed by atoms with Crippen LogP contribution in [-0.4, -0.2) is 11.9 Å². The first-order valence-electron chi connectivity index (χ1n) is 25.8. The quantitative estimate of drug-likeness (QED) is 0.0488. The predicted molar refractivity (Wildman–Crippen MR) is 285 cm³/mol. The van der Waals surface area contributed by atoms with Gasteiger partial charge in [0.25, 0.3) is 0 Å². The van der Waals surface area contributed by atoms with Crippen LogP contribution in [0, 0.1) is 0 Å². The lowest BCUT2D eigenvalue weighted by Gasteiger charge is -2.46. The number of benzene rings is 9. The van der Waals surface area contributed by atoms with Gasteiger partial charge in [0.05, 0.1) is 55.5 Å². The number of pyridine rings is 1. The molecule has 0 saturated heterocycles. The standard InChI is InChI=1S/C32H12BF24.C31H22NO/c34-25(35,36)13-1-14(26(37,38)39)6-21(5-13)33(22-7-15(27(40,41)42)2-16(8-22)28(43,44)45,23-9-17(29(46,47)48)3-18(10-23)30(49,50)51)24-11-19(31(52,53)54)4-20(12-24)32(55,56)57;33-29(23-11-2-1-3-12-23)21-32-19-18-22-10-4-9-17-28(22)31(32)30-26-15-7-5-13-24(26)20-25-14-6-8-16-27(25)30/h1-12H;1-20H,21H2/q-1;+1. The van der Waals surface area contributed by atoms with Gasteiger partial charge in [0.2, 0.25) is 18.0 Å². The molecule has 0 aliphatic carbocycles. The Morgan fingerprint density at radius 2 is 0.567 bits per heavy atom. The van der Waals surface area contributed by atoms with Gasteiger partial charge in [-0.15, -0.1) is 0 Å². The van der Waals surface area contributed by atoms with Gasteiger partial charge in [-0.25, -0.2) is 0 Å². The summed E-state index contributed by atoms with van der Waals surface area (Å²) in [5.41, 5.74) is -27.2. The Hall–Kier alpha value is -9.04. The van der Waals surface area contributed by atoms with Crippen LogP contribution in [0.15, 0.2) is 194 Å². The van der Waals surface area contributed by atoms with Gasteiger partial charge in [-0.1, -0.05) is 146 Å². The number of alkyl halides is 24. The SMILES string of the molecule is FC(F)(F)c1cc([B-](c2cc(C(F)(F)F)cc(C(F)(F)F)c2)(c2cc(C(F)(F)F)cc(C(F)(F)F)c2)c2cc(C(F)(F)F)cc(C(F)(F)F)c2)cc(C(F)(F)F)c1.O=C(C[n+]1ccc2ccccc2c1-c1c2ccccc2cc2ccccc12)c1ccccc1. The fourth-order valence-corrected chi connectivity index (χ4v) is 10.9. The third kappa shape index (κ3) is 13.4. The van der Waals surface area contributed by atoms with E-state index in [0.29, 0.717) is 0 Å². The van der Waals surface area contributed by atoms with Crippen molar-refractivity contribution in [1.82, 2.24) is 0 Å². The zero-order valence-electron chi connectivity index (χ0n) is 44.7. The molecule has 0 N–H and O–H groups in total. The molecule has 468 valence electrons. The van der Waals surface area contributed by atoms with Crippen LogP contribution >= 0.6 is 0 Å². The molecule has 0 aliphatic rings. The molecule has 90 heavy (non-hydrogen) atoms. The maximum atomic E-state index is 14.2. The molecule has 0 aliphatic heterocycles. The highest BCUT2D eigenvalue weighted by Crippen LogP contribution is 2.43. The molecule has 0 amide bonds. The maximum absolute atomic E-state index is 14.2. The fourth-order valence-electron chi connectivity index (χ4n) is 10.9. The summed E-state index contributed by atoms with van der Waals surface area (Å²) < 4.78 is 343. The normalized spacial score (nSPS) is 13.2. The second-order valence-corrected chi connectivity index (χ2v) is 20.6. The van der Waals surface area contributed by atoms with Gasteiger partial charge in [0.1, 0.15) is 6.15 Å². The van der Waals surface area contributed by atoms with E-state index in [1.807, 2.05) is 30.3 Å². The Morgan fingerprint density at radius 3 is 0.867 bits per heavy atom. The smallest absolute Gasteiger partial charge is 0.287 e. The summed E-state index contributed by atoms with van der Waals surface area (Å²) in [5, 5.41) is 7.07. The molecule has 0 spiro atoms. The van der Waals surface area contributed by atoms with Crippen molar-refractivity contribution in [3.63, 3.8) is 0 Å². The predicted octanol–water partition coefficient (Wildman–Crippen LogP) is 18.2. The molecular formula is C63H34BF24NO. The Bertz CT molecular complexity index is 3870. The zero-order valence-corrected chi connectivity index (χ0v) is 44.7. The molecule has 1 aromatic heterocycles. The Balaban J connectivity index is 0.000000244. The number of hydrogen-bond donors (Lipinski definition) is 0. The number of hydrogen-bond acceptors (Lipinski definition) is 1. The second-order valence-electron chi connectivity index (χ2n) is 20.6. The molecule has 10 aromatic rings. The van der Waals surface area contributed by atoms with Gasteiger partial charge < -0.3 is 0 Å². The summed E-state index contributed by atoms with van der Waals surface area (Å²) in [6, 6.07) is 30.5. The van der Waals surface area contributed by atoms with Crippen LogP contribution in [0.3, 0.4) is 0 Å². The summed E-state index contributed by atoms with van der Waals surface area (Å²) in [6.07, 6.45) is -52.8. The zero-order chi connectivity index (χ0) is 66.1. The van der Waals surface area contributed by atoms with Crippen molar-refractivity contribution < 1.29 is 115 Å². The third-order valence-electron chi connectivity index (χ3n) is 14.8. The van der Waals surface area contributed by atoms with E-state index in [2.05, 4.69) is 95.7 Å². The average Bonchev–Trinajstić information content (AvgIpc) is 0.715. The van der Waals surface area contributed by atoms with E-state index >= 15 is 0 Å². The molecule has 0 fully saturated rings. The van der Waals surface area contributed by atoms with E-state index in [1.54, 1.807) is 0 Å². The minimum atomic E-state index is -6.13. The van der Waals surface area contributed by atoms with Gasteiger partial charge in [-0.3, -0.25) is 4.79 Å². The first-order valence-corrected chi connectivity index (χ1v) is 25.8. The summed E-state index contributed by atoms with van der Waals surface area (Å²) in [7, 11) is 0. The molecule has 10 rings (SSSR count). The van der Waals surface area contributed by atoms with Crippen molar-refractivity contribution in [1.29, 1.82) is 0 Å². The highest BCUT2D eigenvalue weighted by Gasteiger charge is 2.47. The summed E-state index contributed by atoms with van der Waals surface area (Å²) >= 11 is 0. The van der Waals surface area contributed by atoms with Gasteiger partial charge in [0.15, 0.2) is 6.20 Å². The second kappa shape index (κ2) is 23.1. The lowest BCUT2D eigenvalue weighted by Crippen LogP contribution is -2.75. The van der Waals surface area contributed by atoms with Crippen LogP contribution in [0.1, 0.15) is 54.9 Å². The molecular weight excluding hydrogens is 1250 g/mol. The Kier molecular flexibility index (Phi) is 16.8. The van der Waals surface area contributed by atoms with Gasteiger partial charge >= 0.3 is 49.4 Å². The molecule has 0 radical (unpaired) electrons. The molecule has 0 bridgehead atoms. The van der Waals surface area contributed by atoms with E-state index in [4.69, 9.17) is 0 Å². The Morgan fingerprint density at radius 1 is 0.300 bits per heavy atom. The molecule has 0 atom stereocenters. The number of halogens is 24.